The summed E-state index contributed by atoms with van der Waals surface area (Å²) in [5, 5.41) is 1.15. The zero-order chi connectivity index (χ0) is 22.0. The van der Waals surface area contributed by atoms with Crippen molar-refractivity contribution >= 4 is 27.9 Å². The van der Waals surface area contributed by atoms with Crippen molar-refractivity contribution in [2.24, 2.45) is 0 Å². The fraction of sp³-hybridized carbons (Fsp3) is 0.417. The summed E-state index contributed by atoms with van der Waals surface area (Å²) in [5.41, 5.74) is 3.77. The molecule has 9 nitrogen and oxygen atoms in total. The van der Waals surface area contributed by atoms with Gasteiger partial charge in [-0.25, -0.2) is 15.0 Å². The lowest BCUT2D eigenvalue weighted by molar-refractivity contribution is 0.0343. The minimum Gasteiger partial charge on any atom is -0.489 e. The van der Waals surface area contributed by atoms with E-state index in [9.17, 15) is 0 Å². The van der Waals surface area contributed by atoms with Gasteiger partial charge in [0.25, 0.3) is 0 Å². The molecule has 4 aromatic rings. The quantitative estimate of drug-likeness (QED) is 0.484. The molecule has 1 unspecified atom stereocenters. The van der Waals surface area contributed by atoms with Crippen LogP contribution in [0.4, 0.5) is 5.82 Å². The standard InChI is InChI=1S/C24H27N7O2/c1-4-19-17(13-30-9-11-32-12-10-30)6-7-25-21(19)20(5-1)33-14-18-3-2-8-31(18)24-22-23(27-15-26-22)28-16-29-24/h1,4-7,15-16,18H,2-3,8-14H2,(H,26,27,28,29). The van der Waals surface area contributed by atoms with Crippen LogP contribution in [0.1, 0.15) is 18.4 Å². The van der Waals surface area contributed by atoms with Crippen LogP contribution in [-0.2, 0) is 11.3 Å². The lowest BCUT2D eigenvalue weighted by atomic mass is 10.1. The Bertz CT molecular complexity index is 1250. The third-order valence-corrected chi connectivity index (χ3v) is 6.60. The lowest BCUT2D eigenvalue weighted by Gasteiger charge is -2.27. The molecule has 2 saturated heterocycles. The highest BCUT2D eigenvalue weighted by atomic mass is 16.5. The van der Waals surface area contributed by atoms with Crippen molar-refractivity contribution in [3.8, 4) is 5.75 Å². The number of aromatic nitrogens is 5. The summed E-state index contributed by atoms with van der Waals surface area (Å²) in [6.45, 7) is 5.93. The molecule has 2 aliphatic rings. The third kappa shape index (κ3) is 3.98. The van der Waals surface area contributed by atoms with Gasteiger partial charge < -0.3 is 19.4 Å². The van der Waals surface area contributed by atoms with Crippen LogP contribution in [0.25, 0.3) is 22.1 Å². The smallest absolute Gasteiger partial charge is 0.162 e. The normalized spacial score (nSPS) is 19.5. The van der Waals surface area contributed by atoms with Crippen molar-refractivity contribution in [3.63, 3.8) is 0 Å². The maximum absolute atomic E-state index is 6.38. The number of anilines is 1. The number of nitrogens with one attached hydrogen (secondary N) is 1. The lowest BCUT2D eigenvalue weighted by Crippen LogP contribution is -2.35. The summed E-state index contributed by atoms with van der Waals surface area (Å²) in [5.74, 6) is 1.70. The van der Waals surface area contributed by atoms with Gasteiger partial charge in [-0.1, -0.05) is 12.1 Å². The first-order chi connectivity index (χ1) is 16.4. The molecule has 5 heterocycles. The fourth-order valence-electron chi connectivity index (χ4n) is 4.90. The Morgan fingerprint density at radius 3 is 2.91 bits per heavy atom. The molecule has 33 heavy (non-hydrogen) atoms. The topological polar surface area (TPSA) is 92.3 Å². The number of para-hydroxylation sites is 1. The van der Waals surface area contributed by atoms with Crippen molar-refractivity contribution in [3.05, 3.63) is 48.7 Å². The van der Waals surface area contributed by atoms with Crippen LogP contribution in [0.5, 0.6) is 5.75 Å². The number of hydrogen-bond donors (Lipinski definition) is 1. The second-order valence-electron chi connectivity index (χ2n) is 8.61. The average Bonchev–Trinajstić information content (AvgIpc) is 3.53. The summed E-state index contributed by atoms with van der Waals surface area (Å²) in [6.07, 6.45) is 7.30. The summed E-state index contributed by atoms with van der Waals surface area (Å²) in [4.78, 5) is 25.7. The molecule has 2 fully saturated rings. The van der Waals surface area contributed by atoms with Gasteiger partial charge in [0.2, 0.25) is 0 Å². The largest absolute Gasteiger partial charge is 0.489 e. The number of H-pyrrole nitrogens is 1. The zero-order valence-electron chi connectivity index (χ0n) is 18.5. The third-order valence-electron chi connectivity index (χ3n) is 6.60. The molecule has 0 bridgehead atoms. The van der Waals surface area contributed by atoms with Gasteiger partial charge in [0, 0.05) is 37.8 Å². The van der Waals surface area contributed by atoms with Crippen molar-refractivity contribution in [1.29, 1.82) is 0 Å². The molecule has 0 saturated carbocycles. The van der Waals surface area contributed by atoms with Gasteiger partial charge in [0.05, 0.1) is 25.6 Å². The van der Waals surface area contributed by atoms with Gasteiger partial charge in [-0.15, -0.1) is 0 Å². The van der Waals surface area contributed by atoms with Gasteiger partial charge >= 0.3 is 0 Å². The van der Waals surface area contributed by atoms with Crippen molar-refractivity contribution in [2.75, 3.05) is 44.4 Å². The van der Waals surface area contributed by atoms with E-state index >= 15 is 0 Å². The number of rotatable bonds is 6. The monoisotopic (exact) mass is 445 g/mol. The van der Waals surface area contributed by atoms with Gasteiger partial charge in [-0.05, 0) is 30.5 Å². The van der Waals surface area contributed by atoms with Crippen LogP contribution in [-0.4, -0.2) is 75.3 Å². The Balaban J connectivity index is 1.22. The van der Waals surface area contributed by atoms with E-state index in [1.165, 1.54) is 5.56 Å². The first kappa shape index (κ1) is 20.3. The van der Waals surface area contributed by atoms with Crippen molar-refractivity contribution in [2.45, 2.75) is 25.4 Å². The van der Waals surface area contributed by atoms with Crippen molar-refractivity contribution in [1.82, 2.24) is 29.8 Å². The minimum atomic E-state index is 0.228. The summed E-state index contributed by atoms with van der Waals surface area (Å²) in [6, 6.07) is 8.56. The van der Waals surface area contributed by atoms with Crippen LogP contribution in [0.3, 0.4) is 0 Å². The maximum atomic E-state index is 6.38. The highest BCUT2D eigenvalue weighted by Gasteiger charge is 2.28. The number of ether oxygens (including phenoxy) is 2. The molecule has 2 aliphatic heterocycles. The zero-order valence-corrected chi connectivity index (χ0v) is 18.5. The minimum absolute atomic E-state index is 0.228. The Kier molecular flexibility index (Phi) is 5.49. The number of benzene rings is 1. The molecule has 0 radical (unpaired) electrons. The number of morpholine rings is 1. The van der Waals surface area contributed by atoms with E-state index in [-0.39, 0.29) is 6.04 Å². The van der Waals surface area contributed by atoms with E-state index in [1.807, 2.05) is 12.3 Å². The van der Waals surface area contributed by atoms with E-state index in [2.05, 4.69) is 52.9 Å². The molecule has 1 atom stereocenters. The molecule has 0 aliphatic carbocycles. The SMILES string of the molecule is c1cc(OCC2CCCN2c2ncnc3[nH]cnc23)c2nccc(CN3CCOCC3)c2c1. The average molecular weight is 446 g/mol. The van der Waals surface area contributed by atoms with E-state index < -0.39 is 0 Å². The Morgan fingerprint density at radius 1 is 1.03 bits per heavy atom. The van der Waals surface area contributed by atoms with E-state index in [0.717, 1.165) is 85.9 Å². The molecule has 0 amide bonds. The second kappa shape index (κ2) is 8.92. The summed E-state index contributed by atoms with van der Waals surface area (Å²) < 4.78 is 11.9. The fourth-order valence-corrected chi connectivity index (χ4v) is 4.90. The Labute approximate surface area is 191 Å². The van der Waals surface area contributed by atoms with Gasteiger partial charge in [0.15, 0.2) is 11.5 Å². The number of hydrogen-bond acceptors (Lipinski definition) is 8. The highest BCUT2D eigenvalue weighted by Crippen LogP contribution is 2.30. The number of nitrogens with zero attached hydrogens (tertiary/aromatic N) is 6. The number of aromatic amines is 1. The van der Waals surface area contributed by atoms with E-state index in [4.69, 9.17) is 9.47 Å². The van der Waals surface area contributed by atoms with E-state index in [0.29, 0.717) is 6.61 Å². The molecule has 1 aromatic carbocycles. The number of fused-ring (bicyclic) bond motifs is 2. The maximum Gasteiger partial charge on any atom is 0.162 e. The molecule has 0 spiro atoms. The Morgan fingerprint density at radius 2 is 1.97 bits per heavy atom. The first-order valence-corrected chi connectivity index (χ1v) is 11.6. The number of imidazole rings is 1. The molecule has 9 heteroatoms. The van der Waals surface area contributed by atoms with Crippen LogP contribution in [0.2, 0.25) is 0 Å². The predicted octanol–water partition coefficient (Wildman–Crippen LogP) is 2.78. The summed E-state index contributed by atoms with van der Waals surface area (Å²) >= 11 is 0. The molecule has 6 rings (SSSR count). The number of pyridine rings is 1. The van der Waals surface area contributed by atoms with Crippen molar-refractivity contribution < 1.29 is 9.47 Å². The van der Waals surface area contributed by atoms with Crippen LogP contribution < -0.4 is 9.64 Å². The summed E-state index contributed by atoms with van der Waals surface area (Å²) in [7, 11) is 0. The molecular formula is C24H27N7O2. The molecule has 1 N–H and O–H groups in total. The second-order valence-corrected chi connectivity index (χ2v) is 8.61. The van der Waals surface area contributed by atoms with E-state index in [1.54, 1.807) is 12.7 Å². The van der Waals surface area contributed by atoms with Gasteiger partial charge in [-0.2, -0.15) is 0 Å². The molecule has 170 valence electrons. The van der Waals surface area contributed by atoms with Crippen LogP contribution >= 0.6 is 0 Å². The van der Waals surface area contributed by atoms with Gasteiger partial charge in [-0.3, -0.25) is 9.88 Å². The first-order valence-electron chi connectivity index (χ1n) is 11.6. The van der Waals surface area contributed by atoms with Crippen LogP contribution in [0, 0.1) is 0 Å². The molecule has 3 aromatic heterocycles. The highest BCUT2D eigenvalue weighted by molar-refractivity contribution is 5.87. The Hall–Kier alpha value is -3.30. The van der Waals surface area contributed by atoms with Crippen LogP contribution in [0.15, 0.2) is 43.1 Å². The van der Waals surface area contributed by atoms with Gasteiger partial charge in [0.1, 0.15) is 29.7 Å². The predicted molar refractivity (Wildman–Crippen MR) is 125 cm³/mol. The molecular weight excluding hydrogens is 418 g/mol.